The average Bonchev–Trinajstić information content (AvgIpc) is 3.22. The van der Waals surface area contributed by atoms with E-state index in [1.807, 2.05) is 18.2 Å². The van der Waals surface area contributed by atoms with Crippen LogP contribution in [0.5, 0.6) is 0 Å². The lowest BCUT2D eigenvalue weighted by atomic mass is 10.1. The number of rotatable bonds is 5. The average molecular weight is 226 g/mol. The fourth-order valence-electron chi connectivity index (χ4n) is 2.62. The van der Waals surface area contributed by atoms with Crippen molar-refractivity contribution >= 4 is 0 Å². The lowest BCUT2D eigenvalue weighted by Crippen LogP contribution is -2.32. The van der Waals surface area contributed by atoms with Crippen LogP contribution in [0.4, 0.5) is 0 Å². The number of nitrogens with zero attached hydrogens (tertiary/aromatic N) is 1. The molecule has 1 aromatic carbocycles. The molecule has 2 nitrogen and oxygen atoms in total. The summed E-state index contributed by atoms with van der Waals surface area (Å²) in [6.07, 6.45) is 5.64. The van der Waals surface area contributed by atoms with E-state index in [2.05, 4.69) is 17.5 Å². The number of nitrogens with one attached hydrogen (secondary N) is 1. The Balaban J connectivity index is 1.60. The third-order valence-corrected chi connectivity index (χ3v) is 3.86. The molecule has 0 atom stereocenters. The highest BCUT2D eigenvalue weighted by molar-refractivity contribution is 5.32. The van der Waals surface area contributed by atoms with Gasteiger partial charge in [0, 0.05) is 12.6 Å². The molecule has 0 bridgehead atoms. The van der Waals surface area contributed by atoms with Crippen molar-refractivity contribution in [1.29, 1.82) is 5.26 Å². The Hall–Kier alpha value is -1.33. The summed E-state index contributed by atoms with van der Waals surface area (Å²) in [4.78, 5) is 0. The third-order valence-electron chi connectivity index (χ3n) is 3.86. The van der Waals surface area contributed by atoms with Crippen LogP contribution in [0, 0.1) is 23.2 Å². The van der Waals surface area contributed by atoms with Crippen molar-refractivity contribution in [2.24, 2.45) is 11.8 Å². The Morgan fingerprint density at radius 1 is 1.24 bits per heavy atom. The van der Waals surface area contributed by atoms with Crippen LogP contribution in [0.1, 0.15) is 36.8 Å². The van der Waals surface area contributed by atoms with Crippen molar-refractivity contribution in [1.82, 2.24) is 5.32 Å². The first-order chi connectivity index (χ1) is 8.36. The number of hydrogen-bond acceptors (Lipinski definition) is 2. The van der Waals surface area contributed by atoms with Crippen LogP contribution in [-0.4, -0.2) is 6.04 Å². The topological polar surface area (TPSA) is 35.8 Å². The summed E-state index contributed by atoms with van der Waals surface area (Å²) in [7, 11) is 0. The van der Waals surface area contributed by atoms with E-state index in [9.17, 15) is 0 Å². The van der Waals surface area contributed by atoms with Crippen LogP contribution in [0.2, 0.25) is 0 Å². The minimum Gasteiger partial charge on any atom is -0.309 e. The van der Waals surface area contributed by atoms with Gasteiger partial charge < -0.3 is 5.32 Å². The quantitative estimate of drug-likeness (QED) is 0.838. The van der Waals surface area contributed by atoms with E-state index in [-0.39, 0.29) is 0 Å². The van der Waals surface area contributed by atoms with Crippen molar-refractivity contribution in [3.05, 3.63) is 35.4 Å². The molecule has 1 N–H and O–H groups in total. The van der Waals surface area contributed by atoms with Gasteiger partial charge in [0.2, 0.25) is 0 Å². The van der Waals surface area contributed by atoms with E-state index in [1.54, 1.807) is 0 Å². The first-order valence-corrected chi connectivity index (χ1v) is 6.59. The van der Waals surface area contributed by atoms with Gasteiger partial charge in [-0.3, -0.25) is 0 Å². The monoisotopic (exact) mass is 226 g/mol. The molecule has 0 aromatic heterocycles. The molecule has 0 saturated heterocycles. The predicted octanol–water partition coefficient (Wildman–Crippen LogP) is 2.84. The van der Waals surface area contributed by atoms with Crippen molar-refractivity contribution < 1.29 is 0 Å². The lowest BCUT2D eigenvalue weighted by Gasteiger charge is -2.17. The highest BCUT2D eigenvalue weighted by atomic mass is 14.9. The van der Waals surface area contributed by atoms with Gasteiger partial charge in [0.15, 0.2) is 0 Å². The van der Waals surface area contributed by atoms with Gasteiger partial charge in [-0.15, -0.1) is 0 Å². The SMILES string of the molecule is N#Cc1cccc(CNC(C2CC2)C2CC2)c1. The molecule has 2 aliphatic rings. The first-order valence-electron chi connectivity index (χ1n) is 6.59. The first kappa shape index (κ1) is 10.8. The van der Waals surface area contributed by atoms with Crippen LogP contribution < -0.4 is 5.32 Å². The van der Waals surface area contributed by atoms with Gasteiger partial charge in [0.05, 0.1) is 11.6 Å². The van der Waals surface area contributed by atoms with E-state index < -0.39 is 0 Å². The van der Waals surface area contributed by atoms with Crippen LogP contribution in [-0.2, 0) is 6.54 Å². The summed E-state index contributed by atoms with van der Waals surface area (Å²) in [5.74, 6) is 1.86. The molecule has 3 rings (SSSR count). The Labute approximate surface area is 103 Å². The van der Waals surface area contributed by atoms with E-state index >= 15 is 0 Å². The molecule has 0 aliphatic heterocycles. The maximum absolute atomic E-state index is 8.87. The molecule has 0 amide bonds. The number of nitriles is 1. The van der Waals surface area contributed by atoms with Gasteiger partial charge in [-0.25, -0.2) is 0 Å². The molecule has 88 valence electrons. The Morgan fingerprint density at radius 3 is 2.53 bits per heavy atom. The second kappa shape index (κ2) is 4.50. The summed E-state index contributed by atoms with van der Waals surface area (Å²) < 4.78 is 0. The summed E-state index contributed by atoms with van der Waals surface area (Å²) >= 11 is 0. The zero-order chi connectivity index (χ0) is 11.7. The molecule has 0 heterocycles. The summed E-state index contributed by atoms with van der Waals surface area (Å²) in [5, 5.41) is 12.6. The van der Waals surface area contributed by atoms with Gasteiger partial charge >= 0.3 is 0 Å². The molecule has 17 heavy (non-hydrogen) atoms. The van der Waals surface area contributed by atoms with Crippen LogP contribution in [0.15, 0.2) is 24.3 Å². The molecule has 2 aliphatic carbocycles. The molecule has 2 heteroatoms. The van der Waals surface area contributed by atoms with Crippen LogP contribution in [0.25, 0.3) is 0 Å². The maximum atomic E-state index is 8.87. The van der Waals surface area contributed by atoms with Crippen molar-refractivity contribution in [3.63, 3.8) is 0 Å². The minimum absolute atomic E-state index is 0.737. The molecule has 1 aromatic rings. The number of benzene rings is 1. The highest BCUT2D eigenvalue weighted by Gasteiger charge is 2.40. The molecule has 2 fully saturated rings. The fraction of sp³-hybridized carbons (Fsp3) is 0.533. The van der Waals surface area contributed by atoms with Crippen molar-refractivity contribution in [3.8, 4) is 6.07 Å². The zero-order valence-electron chi connectivity index (χ0n) is 10.0. The Kier molecular flexibility index (Phi) is 2.86. The predicted molar refractivity (Wildman–Crippen MR) is 67.2 cm³/mol. The van der Waals surface area contributed by atoms with E-state index in [1.165, 1.54) is 31.2 Å². The summed E-state index contributed by atoms with van der Waals surface area (Å²) in [6, 6.07) is 10.9. The van der Waals surface area contributed by atoms with Crippen molar-refractivity contribution in [2.75, 3.05) is 0 Å². The van der Waals surface area contributed by atoms with Gasteiger partial charge in [-0.1, -0.05) is 12.1 Å². The standard InChI is InChI=1S/C15H18N2/c16-9-11-2-1-3-12(8-11)10-17-15(13-4-5-13)14-6-7-14/h1-3,8,13-15,17H,4-7,10H2. The maximum Gasteiger partial charge on any atom is 0.0991 e. The molecule has 0 unspecified atom stereocenters. The van der Waals surface area contributed by atoms with Gasteiger partial charge in [-0.05, 0) is 55.2 Å². The molecular formula is C15H18N2. The molecular weight excluding hydrogens is 208 g/mol. The fourth-order valence-corrected chi connectivity index (χ4v) is 2.62. The summed E-state index contributed by atoms with van der Waals surface area (Å²) in [5.41, 5.74) is 1.99. The molecule has 0 radical (unpaired) electrons. The van der Waals surface area contributed by atoms with Crippen LogP contribution in [0.3, 0.4) is 0 Å². The number of hydrogen-bond donors (Lipinski definition) is 1. The van der Waals surface area contributed by atoms with Crippen LogP contribution >= 0.6 is 0 Å². The lowest BCUT2D eigenvalue weighted by molar-refractivity contribution is 0.416. The van der Waals surface area contributed by atoms with Gasteiger partial charge in [-0.2, -0.15) is 5.26 Å². The third kappa shape index (κ3) is 2.68. The van der Waals surface area contributed by atoms with E-state index in [0.29, 0.717) is 0 Å². The normalized spacial score (nSPS) is 19.3. The highest BCUT2D eigenvalue weighted by Crippen LogP contribution is 2.44. The van der Waals surface area contributed by atoms with Crippen molar-refractivity contribution in [2.45, 2.75) is 38.3 Å². The summed E-state index contributed by atoms with van der Waals surface area (Å²) in [6.45, 7) is 0.910. The Morgan fingerprint density at radius 2 is 1.94 bits per heavy atom. The van der Waals surface area contributed by atoms with E-state index in [4.69, 9.17) is 5.26 Å². The molecule has 0 spiro atoms. The van der Waals surface area contributed by atoms with Gasteiger partial charge in [0.1, 0.15) is 0 Å². The largest absolute Gasteiger partial charge is 0.309 e. The smallest absolute Gasteiger partial charge is 0.0991 e. The second-order valence-corrected chi connectivity index (χ2v) is 5.39. The minimum atomic E-state index is 0.737. The second-order valence-electron chi connectivity index (χ2n) is 5.39. The zero-order valence-corrected chi connectivity index (χ0v) is 10.0. The van der Waals surface area contributed by atoms with Gasteiger partial charge in [0.25, 0.3) is 0 Å². The molecule has 2 saturated carbocycles. The Bertz CT molecular complexity index is 426. The van der Waals surface area contributed by atoms with E-state index in [0.717, 1.165) is 30.0 Å².